The summed E-state index contributed by atoms with van der Waals surface area (Å²) in [6.07, 6.45) is 0. The first-order valence-electron chi connectivity index (χ1n) is 6.22. The highest BCUT2D eigenvalue weighted by Gasteiger charge is 2.08. The molecule has 0 fully saturated rings. The maximum absolute atomic E-state index is 12.1. The Balaban J connectivity index is 2.24. The van der Waals surface area contributed by atoms with E-state index in [1.54, 1.807) is 0 Å². The van der Waals surface area contributed by atoms with Gasteiger partial charge in [0.1, 0.15) is 0 Å². The summed E-state index contributed by atoms with van der Waals surface area (Å²) in [6.45, 7) is 5.85. The molecule has 98 valence electrons. The Morgan fingerprint density at radius 3 is 2.26 bits per heavy atom. The van der Waals surface area contributed by atoms with Crippen molar-refractivity contribution in [3.8, 4) is 0 Å². The predicted octanol–water partition coefficient (Wildman–Crippen LogP) is 3.45. The van der Waals surface area contributed by atoms with Gasteiger partial charge < -0.3 is 11.1 Å². The molecule has 0 saturated carbocycles. The summed E-state index contributed by atoms with van der Waals surface area (Å²) in [5, 5.41) is 2.92. The van der Waals surface area contributed by atoms with E-state index in [0.29, 0.717) is 5.56 Å². The number of rotatable bonds is 2. The Kier molecular flexibility index (Phi) is 3.56. The Labute approximate surface area is 113 Å². The van der Waals surface area contributed by atoms with Gasteiger partial charge in [-0.3, -0.25) is 4.79 Å². The van der Waals surface area contributed by atoms with Crippen LogP contribution >= 0.6 is 0 Å². The van der Waals surface area contributed by atoms with Crippen molar-refractivity contribution >= 4 is 17.3 Å². The first kappa shape index (κ1) is 13.1. The highest BCUT2D eigenvalue weighted by atomic mass is 16.1. The summed E-state index contributed by atoms with van der Waals surface area (Å²) in [6, 6.07) is 11.3. The van der Waals surface area contributed by atoms with Crippen molar-refractivity contribution in [2.45, 2.75) is 20.8 Å². The van der Waals surface area contributed by atoms with Crippen LogP contribution in [0.1, 0.15) is 27.0 Å². The highest BCUT2D eigenvalue weighted by molar-refractivity contribution is 6.04. The highest BCUT2D eigenvalue weighted by Crippen LogP contribution is 2.22. The Morgan fingerprint density at radius 2 is 1.63 bits per heavy atom. The number of hydrogen-bond donors (Lipinski definition) is 2. The summed E-state index contributed by atoms with van der Waals surface area (Å²) < 4.78 is 0. The minimum Gasteiger partial charge on any atom is -0.399 e. The van der Waals surface area contributed by atoms with Gasteiger partial charge >= 0.3 is 0 Å². The van der Waals surface area contributed by atoms with Gasteiger partial charge in [0.2, 0.25) is 0 Å². The number of carbonyl (C=O) groups is 1. The van der Waals surface area contributed by atoms with Crippen molar-refractivity contribution in [3.05, 3.63) is 58.7 Å². The normalized spacial score (nSPS) is 10.3. The first-order valence-corrected chi connectivity index (χ1v) is 6.22. The number of benzene rings is 2. The molecule has 0 spiro atoms. The number of amides is 1. The summed E-state index contributed by atoms with van der Waals surface area (Å²) in [7, 11) is 0. The zero-order valence-electron chi connectivity index (χ0n) is 11.4. The van der Waals surface area contributed by atoms with E-state index in [2.05, 4.69) is 5.32 Å². The summed E-state index contributed by atoms with van der Waals surface area (Å²) in [4.78, 5) is 12.1. The third-order valence-corrected chi connectivity index (χ3v) is 3.17. The molecular weight excluding hydrogens is 236 g/mol. The molecule has 0 radical (unpaired) electrons. The minimum absolute atomic E-state index is 0.104. The number of carbonyl (C=O) groups excluding carboxylic acids is 1. The Hall–Kier alpha value is -2.29. The molecule has 0 aliphatic rings. The molecule has 0 bridgehead atoms. The van der Waals surface area contributed by atoms with Gasteiger partial charge in [-0.05, 0) is 56.2 Å². The smallest absolute Gasteiger partial charge is 0.255 e. The molecule has 0 unspecified atom stereocenters. The molecule has 0 atom stereocenters. The van der Waals surface area contributed by atoms with Crippen LogP contribution in [0.15, 0.2) is 36.4 Å². The van der Waals surface area contributed by atoms with Crippen LogP contribution < -0.4 is 11.1 Å². The lowest BCUT2D eigenvalue weighted by Gasteiger charge is -2.11. The fourth-order valence-corrected chi connectivity index (χ4v) is 1.87. The van der Waals surface area contributed by atoms with Crippen LogP contribution in [0.3, 0.4) is 0 Å². The average molecular weight is 254 g/mol. The van der Waals surface area contributed by atoms with E-state index in [1.807, 2.05) is 57.2 Å². The largest absolute Gasteiger partial charge is 0.399 e. The van der Waals surface area contributed by atoms with E-state index in [-0.39, 0.29) is 5.91 Å². The fraction of sp³-hybridized carbons (Fsp3) is 0.188. The molecule has 3 heteroatoms. The summed E-state index contributed by atoms with van der Waals surface area (Å²) in [5.41, 5.74) is 11.1. The molecule has 0 aliphatic heterocycles. The monoisotopic (exact) mass is 254 g/mol. The van der Waals surface area contributed by atoms with Crippen LogP contribution in [0.2, 0.25) is 0 Å². The standard InChI is InChI=1S/C16H18N2O/c1-10-4-6-13(7-5-10)16(19)18-15-9-11(2)14(17)8-12(15)3/h4-9H,17H2,1-3H3,(H,18,19). The molecule has 0 aliphatic carbocycles. The van der Waals surface area contributed by atoms with Gasteiger partial charge in [-0.25, -0.2) is 0 Å². The molecule has 0 heterocycles. The van der Waals surface area contributed by atoms with Gasteiger partial charge in [0.25, 0.3) is 5.91 Å². The number of nitrogen functional groups attached to an aromatic ring is 1. The van der Waals surface area contributed by atoms with Crippen molar-refractivity contribution < 1.29 is 4.79 Å². The second-order valence-electron chi connectivity index (χ2n) is 4.84. The molecule has 0 aromatic heterocycles. The quantitative estimate of drug-likeness (QED) is 0.806. The van der Waals surface area contributed by atoms with Gasteiger partial charge in [-0.2, -0.15) is 0 Å². The van der Waals surface area contributed by atoms with Crippen molar-refractivity contribution in [2.24, 2.45) is 0 Å². The SMILES string of the molecule is Cc1ccc(C(=O)Nc2cc(C)c(N)cc2C)cc1. The van der Waals surface area contributed by atoms with E-state index in [0.717, 1.165) is 28.1 Å². The van der Waals surface area contributed by atoms with Crippen molar-refractivity contribution in [2.75, 3.05) is 11.1 Å². The zero-order chi connectivity index (χ0) is 14.0. The number of anilines is 2. The van der Waals surface area contributed by atoms with Crippen LogP contribution in [0.5, 0.6) is 0 Å². The zero-order valence-corrected chi connectivity index (χ0v) is 11.4. The molecule has 3 nitrogen and oxygen atoms in total. The lowest BCUT2D eigenvalue weighted by Crippen LogP contribution is -2.13. The number of nitrogens with one attached hydrogen (secondary N) is 1. The number of nitrogens with two attached hydrogens (primary N) is 1. The van der Waals surface area contributed by atoms with E-state index in [4.69, 9.17) is 5.73 Å². The third-order valence-electron chi connectivity index (χ3n) is 3.17. The van der Waals surface area contributed by atoms with Crippen LogP contribution in [-0.4, -0.2) is 5.91 Å². The van der Waals surface area contributed by atoms with Gasteiger partial charge in [-0.15, -0.1) is 0 Å². The van der Waals surface area contributed by atoms with Crippen LogP contribution in [0, 0.1) is 20.8 Å². The lowest BCUT2D eigenvalue weighted by molar-refractivity contribution is 0.102. The van der Waals surface area contributed by atoms with E-state index in [9.17, 15) is 4.79 Å². The average Bonchev–Trinajstić information content (AvgIpc) is 2.36. The van der Waals surface area contributed by atoms with Gasteiger partial charge in [-0.1, -0.05) is 17.7 Å². The van der Waals surface area contributed by atoms with Gasteiger partial charge in [0, 0.05) is 16.9 Å². The molecule has 2 aromatic rings. The Morgan fingerprint density at radius 1 is 1.00 bits per heavy atom. The van der Waals surface area contributed by atoms with Crippen LogP contribution in [0.4, 0.5) is 11.4 Å². The third kappa shape index (κ3) is 2.94. The lowest BCUT2D eigenvalue weighted by atomic mass is 10.1. The van der Waals surface area contributed by atoms with Crippen molar-refractivity contribution in [3.63, 3.8) is 0 Å². The summed E-state index contributed by atoms with van der Waals surface area (Å²) in [5.74, 6) is -0.104. The van der Waals surface area contributed by atoms with Crippen molar-refractivity contribution in [1.29, 1.82) is 0 Å². The molecule has 19 heavy (non-hydrogen) atoms. The van der Waals surface area contributed by atoms with Gasteiger partial charge in [0.05, 0.1) is 0 Å². The Bertz CT molecular complexity index is 615. The maximum atomic E-state index is 12.1. The number of aryl methyl sites for hydroxylation is 3. The van der Waals surface area contributed by atoms with Crippen molar-refractivity contribution in [1.82, 2.24) is 0 Å². The van der Waals surface area contributed by atoms with E-state index >= 15 is 0 Å². The molecule has 2 rings (SSSR count). The summed E-state index contributed by atoms with van der Waals surface area (Å²) >= 11 is 0. The molecule has 1 amide bonds. The molecule has 0 saturated heterocycles. The first-order chi connectivity index (χ1) is 8.97. The fourth-order valence-electron chi connectivity index (χ4n) is 1.87. The van der Waals surface area contributed by atoms with Crippen LogP contribution in [0.25, 0.3) is 0 Å². The second kappa shape index (κ2) is 5.14. The minimum atomic E-state index is -0.104. The molecular formula is C16H18N2O. The second-order valence-corrected chi connectivity index (χ2v) is 4.84. The van der Waals surface area contributed by atoms with E-state index < -0.39 is 0 Å². The van der Waals surface area contributed by atoms with E-state index in [1.165, 1.54) is 0 Å². The topological polar surface area (TPSA) is 55.1 Å². The maximum Gasteiger partial charge on any atom is 0.255 e. The predicted molar refractivity (Wildman–Crippen MR) is 79.5 cm³/mol. The van der Waals surface area contributed by atoms with Gasteiger partial charge in [0.15, 0.2) is 0 Å². The van der Waals surface area contributed by atoms with Crippen LogP contribution in [-0.2, 0) is 0 Å². The molecule has 2 aromatic carbocycles. The molecule has 3 N–H and O–H groups in total. The number of hydrogen-bond acceptors (Lipinski definition) is 2.